The molecule has 0 radical (unpaired) electrons. The van der Waals surface area contributed by atoms with Crippen LogP contribution in [0.4, 0.5) is 0 Å². The minimum absolute atomic E-state index is 0. The van der Waals surface area contributed by atoms with Gasteiger partial charge >= 0.3 is 11.9 Å². The molecule has 2 aromatic rings. The lowest BCUT2D eigenvalue weighted by Gasteiger charge is -2.10. The Hall–Kier alpha value is -2.51. The van der Waals surface area contributed by atoms with Crippen LogP contribution in [0.25, 0.3) is 10.8 Å². The van der Waals surface area contributed by atoms with E-state index >= 15 is 0 Å². The highest BCUT2D eigenvalue weighted by atomic mass is 35.5. The molecule has 0 aliphatic rings. The monoisotopic (exact) mass is 429 g/mol. The minimum Gasteiger partial charge on any atom is -0.504 e. The Morgan fingerprint density at radius 1 is 0.828 bits per heavy atom. The summed E-state index contributed by atoms with van der Waals surface area (Å²) >= 11 is 0. The summed E-state index contributed by atoms with van der Waals surface area (Å²) in [4.78, 5) is 21.5. The smallest absolute Gasteiger partial charge is 0.305 e. The van der Waals surface area contributed by atoms with E-state index in [2.05, 4.69) is 4.90 Å². The zero-order valence-corrected chi connectivity index (χ0v) is 18.5. The number of benzene rings is 2. The van der Waals surface area contributed by atoms with Gasteiger partial charge in [0.15, 0.2) is 11.5 Å². The van der Waals surface area contributed by atoms with Crippen molar-refractivity contribution < 1.29 is 30.0 Å². The maximum Gasteiger partial charge on any atom is 0.305 e. The SMILES string of the molecule is CC(C)C(=O)O.CC(C)C(=O)O.CN(C)Cc1ccc2cc(O)c(O)cc2c1.Cl. The molecule has 0 heterocycles. The van der Waals surface area contributed by atoms with Gasteiger partial charge in [0.05, 0.1) is 11.8 Å². The van der Waals surface area contributed by atoms with E-state index in [1.165, 1.54) is 5.56 Å². The first-order valence-corrected chi connectivity index (χ1v) is 8.90. The summed E-state index contributed by atoms with van der Waals surface area (Å²) in [6, 6.07) is 9.16. The van der Waals surface area contributed by atoms with Crippen LogP contribution in [-0.2, 0) is 16.1 Å². The van der Waals surface area contributed by atoms with Gasteiger partial charge in [-0.05, 0) is 48.6 Å². The average Bonchev–Trinajstić information content (AvgIpc) is 2.56. The number of nitrogens with zero attached hydrogens (tertiary/aromatic N) is 1. The highest BCUT2D eigenvalue weighted by Crippen LogP contribution is 2.30. The first-order valence-electron chi connectivity index (χ1n) is 8.90. The summed E-state index contributed by atoms with van der Waals surface area (Å²) < 4.78 is 0. The summed E-state index contributed by atoms with van der Waals surface area (Å²) in [7, 11) is 4.02. The summed E-state index contributed by atoms with van der Waals surface area (Å²) in [6.45, 7) is 7.42. The number of phenolic OH excluding ortho intramolecular Hbond substituents is 2. The number of aromatic hydroxyl groups is 2. The predicted molar refractivity (Wildman–Crippen MR) is 117 cm³/mol. The highest BCUT2D eigenvalue weighted by molar-refractivity contribution is 5.86. The lowest BCUT2D eigenvalue weighted by molar-refractivity contribution is -0.141. The Kier molecular flexibility index (Phi) is 13.5. The van der Waals surface area contributed by atoms with Crippen LogP contribution in [0.15, 0.2) is 30.3 Å². The molecule has 2 aromatic carbocycles. The van der Waals surface area contributed by atoms with Crippen LogP contribution < -0.4 is 0 Å². The third-order valence-electron chi connectivity index (χ3n) is 3.48. The van der Waals surface area contributed by atoms with E-state index in [1.54, 1.807) is 39.8 Å². The molecule has 7 nitrogen and oxygen atoms in total. The van der Waals surface area contributed by atoms with E-state index in [0.717, 1.165) is 17.3 Å². The molecule has 0 saturated heterocycles. The Morgan fingerprint density at radius 2 is 1.21 bits per heavy atom. The van der Waals surface area contributed by atoms with E-state index < -0.39 is 11.9 Å². The Balaban J connectivity index is 0. The second-order valence-corrected chi connectivity index (χ2v) is 7.25. The van der Waals surface area contributed by atoms with Crippen LogP contribution >= 0.6 is 12.4 Å². The predicted octanol–water partition coefficient (Wildman–Crippen LogP) is 4.19. The lowest BCUT2D eigenvalue weighted by Crippen LogP contribution is -2.10. The lowest BCUT2D eigenvalue weighted by atomic mass is 10.1. The zero-order chi connectivity index (χ0) is 22.0. The van der Waals surface area contributed by atoms with Gasteiger partial charge in [-0.2, -0.15) is 0 Å². The molecule has 164 valence electrons. The molecule has 29 heavy (non-hydrogen) atoms. The van der Waals surface area contributed by atoms with Crippen molar-refractivity contribution in [2.24, 2.45) is 11.8 Å². The van der Waals surface area contributed by atoms with E-state index in [-0.39, 0.29) is 35.7 Å². The molecule has 0 amide bonds. The Morgan fingerprint density at radius 3 is 1.55 bits per heavy atom. The van der Waals surface area contributed by atoms with Crippen molar-refractivity contribution in [3.05, 3.63) is 35.9 Å². The van der Waals surface area contributed by atoms with Gasteiger partial charge in [-0.15, -0.1) is 12.4 Å². The number of carboxylic acid groups (broad SMARTS) is 2. The maximum absolute atomic E-state index is 9.70. The van der Waals surface area contributed by atoms with Crippen LogP contribution in [0.3, 0.4) is 0 Å². The average molecular weight is 430 g/mol. The van der Waals surface area contributed by atoms with Gasteiger partial charge in [0.1, 0.15) is 0 Å². The van der Waals surface area contributed by atoms with Crippen molar-refractivity contribution in [2.45, 2.75) is 34.2 Å². The molecule has 4 N–H and O–H groups in total. The van der Waals surface area contributed by atoms with Crippen molar-refractivity contribution in [3.63, 3.8) is 0 Å². The molecule has 0 aliphatic carbocycles. The van der Waals surface area contributed by atoms with Gasteiger partial charge in [-0.25, -0.2) is 0 Å². The molecule has 0 aliphatic heterocycles. The fourth-order valence-electron chi connectivity index (χ4n) is 1.79. The molecule has 0 unspecified atom stereocenters. The van der Waals surface area contributed by atoms with Gasteiger partial charge in [0.2, 0.25) is 0 Å². The first kappa shape index (κ1) is 28.7. The van der Waals surface area contributed by atoms with Crippen molar-refractivity contribution in [3.8, 4) is 11.5 Å². The fourth-order valence-corrected chi connectivity index (χ4v) is 1.79. The summed E-state index contributed by atoms with van der Waals surface area (Å²) in [5.74, 6) is -2.10. The number of aliphatic carboxylic acids is 2. The number of carboxylic acids is 2. The molecule has 0 aromatic heterocycles. The molecule has 8 heteroatoms. The number of rotatable bonds is 4. The summed E-state index contributed by atoms with van der Waals surface area (Å²) in [5, 5.41) is 36.7. The van der Waals surface area contributed by atoms with Crippen molar-refractivity contribution in [2.75, 3.05) is 14.1 Å². The number of hydrogen-bond donors (Lipinski definition) is 4. The highest BCUT2D eigenvalue weighted by Gasteiger charge is 2.03. The molecule has 0 saturated carbocycles. The van der Waals surface area contributed by atoms with E-state index in [0.29, 0.717) is 0 Å². The quantitative estimate of drug-likeness (QED) is 0.538. The third kappa shape index (κ3) is 11.8. The number of fused-ring (bicyclic) bond motifs is 1. The van der Waals surface area contributed by atoms with Gasteiger partial charge < -0.3 is 25.3 Å². The molecular formula is C21H32ClNO6. The number of halogens is 1. The molecule has 0 fully saturated rings. The zero-order valence-electron chi connectivity index (χ0n) is 17.7. The third-order valence-corrected chi connectivity index (χ3v) is 3.48. The second kappa shape index (κ2) is 13.6. The van der Waals surface area contributed by atoms with E-state index in [9.17, 15) is 19.8 Å². The van der Waals surface area contributed by atoms with E-state index in [1.807, 2.05) is 32.3 Å². The number of phenols is 2. The first-order chi connectivity index (χ1) is 12.8. The minimum atomic E-state index is -0.741. The van der Waals surface area contributed by atoms with Crippen LogP contribution in [0.5, 0.6) is 11.5 Å². The molecule has 0 atom stereocenters. The maximum atomic E-state index is 9.70. The van der Waals surface area contributed by atoms with Crippen LogP contribution in [0, 0.1) is 11.8 Å². The molecule has 0 bridgehead atoms. The largest absolute Gasteiger partial charge is 0.504 e. The Labute approximate surface area is 178 Å². The van der Waals surface area contributed by atoms with Gasteiger partial charge in [0, 0.05) is 6.54 Å². The number of carbonyl (C=O) groups is 2. The molecule has 2 rings (SSSR count). The van der Waals surface area contributed by atoms with Gasteiger partial charge in [-0.1, -0.05) is 39.8 Å². The van der Waals surface area contributed by atoms with Crippen LogP contribution in [0.1, 0.15) is 33.3 Å². The Bertz CT molecular complexity index is 772. The molecule has 0 spiro atoms. The van der Waals surface area contributed by atoms with Crippen LogP contribution in [0.2, 0.25) is 0 Å². The van der Waals surface area contributed by atoms with Crippen molar-refractivity contribution >= 4 is 35.1 Å². The van der Waals surface area contributed by atoms with Crippen molar-refractivity contribution in [1.82, 2.24) is 4.90 Å². The van der Waals surface area contributed by atoms with Gasteiger partial charge in [0.25, 0.3) is 0 Å². The fraction of sp³-hybridized carbons (Fsp3) is 0.429. The number of hydrogen-bond acceptors (Lipinski definition) is 5. The summed E-state index contributed by atoms with van der Waals surface area (Å²) in [6.07, 6.45) is 0. The second-order valence-electron chi connectivity index (χ2n) is 7.25. The normalized spacial score (nSPS) is 9.97. The van der Waals surface area contributed by atoms with E-state index in [4.69, 9.17) is 10.2 Å². The topological polar surface area (TPSA) is 118 Å². The van der Waals surface area contributed by atoms with Crippen LogP contribution in [-0.4, -0.2) is 51.4 Å². The molecular weight excluding hydrogens is 398 g/mol. The van der Waals surface area contributed by atoms with Gasteiger partial charge in [-0.3, -0.25) is 9.59 Å². The standard InChI is InChI=1S/C13H15NO2.2C4H8O2.ClH/c1-14(2)8-9-3-4-10-6-12(15)13(16)7-11(10)5-9;2*1-3(2)4(5)6;/h3-7,15-16H,8H2,1-2H3;2*3H,1-2H3,(H,5,6);1H. The summed E-state index contributed by atoms with van der Waals surface area (Å²) in [5.41, 5.74) is 1.18. The van der Waals surface area contributed by atoms with Crippen molar-refractivity contribution in [1.29, 1.82) is 0 Å².